The SMILES string of the molecule is CCn1cc(/C=N\n2c(C3CCCO3)n[nH]c2=S)c2ccccc21. The van der Waals surface area contributed by atoms with E-state index in [0.717, 1.165) is 37.4 Å². The summed E-state index contributed by atoms with van der Waals surface area (Å²) in [6, 6.07) is 8.33. The van der Waals surface area contributed by atoms with Crippen LogP contribution in [0.5, 0.6) is 0 Å². The van der Waals surface area contributed by atoms with Crippen LogP contribution in [0.1, 0.15) is 37.3 Å². The molecule has 0 radical (unpaired) electrons. The Morgan fingerprint density at radius 2 is 2.33 bits per heavy atom. The zero-order valence-electron chi connectivity index (χ0n) is 13.5. The first-order chi connectivity index (χ1) is 11.8. The van der Waals surface area contributed by atoms with Gasteiger partial charge >= 0.3 is 0 Å². The number of hydrogen-bond acceptors (Lipinski definition) is 4. The van der Waals surface area contributed by atoms with Crippen molar-refractivity contribution in [2.75, 3.05) is 6.61 Å². The van der Waals surface area contributed by atoms with Crippen LogP contribution >= 0.6 is 12.2 Å². The van der Waals surface area contributed by atoms with Gasteiger partial charge in [-0.3, -0.25) is 5.10 Å². The molecule has 0 aliphatic carbocycles. The number of benzene rings is 1. The second-order valence-corrected chi connectivity index (χ2v) is 6.22. The monoisotopic (exact) mass is 341 g/mol. The van der Waals surface area contributed by atoms with Crippen molar-refractivity contribution in [1.29, 1.82) is 0 Å². The molecule has 1 aliphatic rings. The summed E-state index contributed by atoms with van der Waals surface area (Å²) >= 11 is 5.32. The molecule has 4 rings (SSSR count). The summed E-state index contributed by atoms with van der Waals surface area (Å²) in [6.45, 7) is 3.81. The van der Waals surface area contributed by atoms with E-state index in [1.54, 1.807) is 4.68 Å². The number of fused-ring (bicyclic) bond motifs is 1. The van der Waals surface area contributed by atoms with Gasteiger partial charge < -0.3 is 9.30 Å². The molecule has 1 N–H and O–H groups in total. The third-order valence-electron chi connectivity index (χ3n) is 4.37. The third-order valence-corrected chi connectivity index (χ3v) is 4.63. The molecule has 0 amide bonds. The number of aryl methyl sites for hydroxylation is 1. The molecule has 3 heterocycles. The van der Waals surface area contributed by atoms with Gasteiger partial charge in [-0.25, -0.2) is 0 Å². The smallest absolute Gasteiger partial charge is 0.216 e. The fourth-order valence-corrected chi connectivity index (χ4v) is 3.35. The van der Waals surface area contributed by atoms with Crippen molar-refractivity contribution in [3.63, 3.8) is 0 Å². The van der Waals surface area contributed by atoms with E-state index < -0.39 is 0 Å². The van der Waals surface area contributed by atoms with Gasteiger partial charge in [-0.1, -0.05) is 18.2 Å². The van der Waals surface area contributed by atoms with Crippen molar-refractivity contribution in [3.8, 4) is 0 Å². The summed E-state index contributed by atoms with van der Waals surface area (Å²) in [7, 11) is 0. The van der Waals surface area contributed by atoms with Crippen LogP contribution in [0, 0.1) is 4.77 Å². The maximum Gasteiger partial charge on any atom is 0.216 e. The second kappa shape index (κ2) is 6.33. The molecule has 7 heteroatoms. The van der Waals surface area contributed by atoms with Crippen molar-refractivity contribution in [1.82, 2.24) is 19.4 Å². The van der Waals surface area contributed by atoms with Gasteiger partial charge in [0.25, 0.3) is 0 Å². The number of nitrogens with one attached hydrogen (secondary N) is 1. The highest BCUT2D eigenvalue weighted by Crippen LogP contribution is 2.27. The molecule has 0 saturated carbocycles. The lowest BCUT2D eigenvalue weighted by atomic mass is 10.2. The molecule has 124 valence electrons. The van der Waals surface area contributed by atoms with Gasteiger partial charge in [0.2, 0.25) is 4.77 Å². The Kier molecular flexibility index (Phi) is 4.03. The summed E-state index contributed by atoms with van der Waals surface area (Å²) in [5.74, 6) is 0.743. The summed E-state index contributed by atoms with van der Waals surface area (Å²) in [5.41, 5.74) is 2.27. The van der Waals surface area contributed by atoms with Crippen LogP contribution in [0.3, 0.4) is 0 Å². The van der Waals surface area contributed by atoms with Crippen LogP contribution in [-0.2, 0) is 11.3 Å². The molecule has 1 unspecified atom stereocenters. The van der Waals surface area contributed by atoms with Gasteiger partial charge in [-0.2, -0.15) is 14.9 Å². The molecule has 1 fully saturated rings. The quantitative estimate of drug-likeness (QED) is 0.582. The minimum Gasteiger partial charge on any atom is -0.370 e. The molecule has 1 aliphatic heterocycles. The molecular weight excluding hydrogens is 322 g/mol. The lowest BCUT2D eigenvalue weighted by Gasteiger charge is -2.07. The van der Waals surface area contributed by atoms with Gasteiger partial charge in [0.1, 0.15) is 6.10 Å². The third kappa shape index (κ3) is 2.59. The first-order valence-electron chi connectivity index (χ1n) is 8.19. The van der Waals surface area contributed by atoms with E-state index in [-0.39, 0.29) is 6.10 Å². The van der Waals surface area contributed by atoms with Crippen molar-refractivity contribution >= 4 is 29.3 Å². The van der Waals surface area contributed by atoms with Crippen molar-refractivity contribution in [2.45, 2.75) is 32.4 Å². The van der Waals surface area contributed by atoms with Gasteiger partial charge in [0, 0.05) is 35.8 Å². The Balaban J connectivity index is 1.74. The number of aromatic nitrogens is 4. The standard InChI is InChI=1S/C17H19N5OS/c1-2-21-11-12(13-6-3-4-7-14(13)21)10-18-22-16(19-20-17(22)24)15-8-5-9-23-15/h3-4,6-7,10-11,15H,2,5,8-9H2,1H3,(H,20,24)/b18-10-. The molecule has 0 bridgehead atoms. The average Bonchev–Trinajstić information content (AvgIpc) is 3.32. The number of para-hydroxylation sites is 1. The second-order valence-electron chi connectivity index (χ2n) is 5.83. The van der Waals surface area contributed by atoms with Gasteiger partial charge in [-0.05, 0) is 38.0 Å². The van der Waals surface area contributed by atoms with E-state index in [1.165, 1.54) is 10.9 Å². The van der Waals surface area contributed by atoms with Gasteiger partial charge in [0.05, 0.1) is 6.21 Å². The van der Waals surface area contributed by atoms with Crippen molar-refractivity contribution < 1.29 is 4.74 Å². The minimum absolute atomic E-state index is 0.0351. The lowest BCUT2D eigenvalue weighted by Crippen LogP contribution is -2.05. The molecule has 1 saturated heterocycles. The fourth-order valence-electron chi connectivity index (χ4n) is 3.16. The molecule has 1 aromatic carbocycles. The number of nitrogens with zero attached hydrogens (tertiary/aromatic N) is 4. The average molecular weight is 341 g/mol. The Morgan fingerprint density at radius 1 is 1.46 bits per heavy atom. The summed E-state index contributed by atoms with van der Waals surface area (Å²) in [5, 5.41) is 12.9. The zero-order chi connectivity index (χ0) is 16.5. The Hall–Kier alpha value is -2.25. The Bertz CT molecular complexity index is 945. The van der Waals surface area contributed by atoms with Crippen LogP contribution in [0.25, 0.3) is 10.9 Å². The molecule has 6 nitrogen and oxygen atoms in total. The topological polar surface area (TPSA) is 60.1 Å². The molecule has 0 spiro atoms. The largest absolute Gasteiger partial charge is 0.370 e. The van der Waals surface area contributed by atoms with Crippen LogP contribution in [0.4, 0.5) is 0 Å². The predicted octanol–water partition coefficient (Wildman–Crippen LogP) is 3.65. The fraction of sp³-hybridized carbons (Fsp3) is 0.353. The van der Waals surface area contributed by atoms with Crippen molar-refractivity contribution in [3.05, 3.63) is 46.6 Å². The zero-order valence-corrected chi connectivity index (χ0v) is 14.3. The van der Waals surface area contributed by atoms with E-state index in [0.29, 0.717) is 4.77 Å². The van der Waals surface area contributed by atoms with Gasteiger partial charge in [0.15, 0.2) is 5.82 Å². The van der Waals surface area contributed by atoms with Gasteiger partial charge in [-0.15, -0.1) is 0 Å². The van der Waals surface area contributed by atoms with Crippen LogP contribution in [0.2, 0.25) is 0 Å². The van der Waals surface area contributed by atoms with Crippen LogP contribution in [0.15, 0.2) is 35.6 Å². The normalized spacial score (nSPS) is 18.1. The van der Waals surface area contributed by atoms with E-state index in [1.807, 2.05) is 12.3 Å². The number of H-pyrrole nitrogens is 1. The summed E-state index contributed by atoms with van der Waals surface area (Å²) in [6.07, 6.45) is 5.91. The molecule has 2 aromatic heterocycles. The number of hydrogen-bond donors (Lipinski definition) is 1. The van der Waals surface area contributed by atoms with Crippen LogP contribution in [-0.4, -0.2) is 32.3 Å². The summed E-state index contributed by atoms with van der Waals surface area (Å²) < 4.78 is 10.1. The molecule has 1 atom stereocenters. The Labute approximate surface area is 144 Å². The first kappa shape index (κ1) is 15.3. The number of aromatic amines is 1. The number of rotatable bonds is 4. The molecule has 24 heavy (non-hydrogen) atoms. The van der Waals surface area contributed by atoms with E-state index in [2.05, 4.69) is 51.2 Å². The molecular formula is C17H19N5OS. The van der Waals surface area contributed by atoms with E-state index in [9.17, 15) is 0 Å². The van der Waals surface area contributed by atoms with E-state index in [4.69, 9.17) is 17.0 Å². The van der Waals surface area contributed by atoms with Crippen LogP contribution < -0.4 is 0 Å². The summed E-state index contributed by atoms with van der Waals surface area (Å²) in [4.78, 5) is 0. The number of ether oxygens (including phenoxy) is 1. The highest BCUT2D eigenvalue weighted by Gasteiger charge is 2.23. The maximum atomic E-state index is 5.71. The molecule has 3 aromatic rings. The maximum absolute atomic E-state index is 5.71. The lowest BCUT2D eigenvalue weighted by molar-refractivity contribution is 0.102. The first-order valence-corrected chi connectivity index (χ1v) is 8.60. The highest BCUT2D eigenvalue weighted by atomic mass is 32.1. The van der Waals surface area contributed by atoms with E-state index >= 15 is 0 Å². The minimum atomic E-state index is -0.0351. The Morgan fingerprint density at radius 3 is 3.12 bits per heavy atom. The highest BCUT2D eigenvalue weighted by molar-refractivity contribution is 7.71. The van der Waals surface area contributed by atoms with Crippen molar-refractivity contribution in [2.24, 2.45) is 5.10 Å². The predicted molar refractivity (Wildman–Crippen MR) is 95.9 cm³/mol.